The highest BCUT2D eigenvalue weighted by Crippen LogP contribution is 2.28. The molecule has 2 nitrogen and oxygen atoms in total. The fourth-order valence-corrected chi connectivity index (χ4v) is 1.06. The van der Waals surface area contributed by atoms with Crippen molar-refractivity contribution < 1.29 is 22.7 Å². The summed E-state index contributed by atoms with van der Waals surface area (Å²) in [6, 6.07) is 0. The van der Waals surface area contributed by atoms with Crippen LogP contribution in [0.2, 0.25) is 0 Å². The molecule has 0 fully saturated rings. The van der Waals surface area contributed by atoms with Crippen molar-refractivity contribution in [2.75, 3.05) is 12.4 Å². The lowest BCUT2D eigenvalue weighted by Gasteiger charge is -2.14. The largest absolute Gasteiger partial charge is 0.469 e. The fraction of sp³-hybridized carbons (Fsp3) is 0.800. The third-order valence-electron chi connectivity index (χ3n) is 1.04. The Morgan fingerprint density at radius 1 is 1.64 bits per heavy atom. The van der Waals surface area contributed by atoms with Crippen molar-refractivity contribution in [2.45, 2.75) is 6.18 Å². The Labute approximate surface area is 69.8 Å². The summed E-state index contributed by atoms with van der Waals surface area (Å²) >= 11 is 2.57. The first-order valence-corrected chi connectivity index (χ1v) is 3.76. The molecule has 0 rings (SSSR count). The van der Waals surface area contributed by atoms with Crippen molar-refractivity contribution in [3.05, 3.63) is 0 Å². The molecule has 0 aromatic rings. The number of carbonyl (C=O) groups excluding carboxylic acids is 1. The monoisotopic (exact) mass is 234 g/mol. The van der Waals surface area contributed by atoms with Crippen molar-refractivity contribution in [1.82, 2.24) is 0 Å². The van der Waals surface area contributed by atoms with Crippen LogP contribution in [-0.4, -0.2) is 24.6 Å². The van der Waals surface area contributed by atoms with Crippen LogP contribution in [0.15, 0.2) is 0 Å². The van der Waals surface area contributed by atoms with Crippen LogP contribution in [0.5, 0.6) is 0 Å². The third kappa shape index (κ3) is 3.09. The molecule has 0 aliphatic heterocycles. The van der Waals surface area contributed by atoms with E-state index in [1.807, 2.05) is 0 Å². The predicted octanol–water partition coefficient (Wildman–Crippen LogP) is 1.73. The molecule has 0 aliphatic carbocycles. The Morgan fingerprint density at radius 3 is 2.18 bits per heavy atom. The number of halogens is 4. The average Bonchev–Trinajstić information content (AvgIpc) is 1.86. The zero-order valence-corrected chi connectivity index (χ0v) is 7.20. The highest BCUT2D eigenvalue weighted by molar-refractivity contribution is 9.09. The molecule has 0 radical (unpaired) electrons. The zero-order valence-electron chi connectivity index (χ0n) is 5.61. The minimum atomic E-state index is -4.53. The normalized spacial score (nSPS) is 14.3. The second kappa shape index (κ2) is 3.94. The Morgan fingerprint density at radius 2 is 2.09 bits per heavy atom. The van der Waals surface area contributed by atoms with E-state index in [1.54, 1.807) is 0 Å². The smallest absolute Gasteiger partial charge is 0.403 e. The van der Waals surface area contributed by atoms with E-state index in [1.165, 1.54) is 0 Å². The standard InChI is InChI=1S/C5H6BrF3O2/c1-11-4(10)3(2-6)5(7,8)9/h3H,2H2,1H3. The average molecular weight is 235 g/mol. The summed E-state index contributed by atoms with van der Waals surface area (Å²) in [6.07, 6.45) is -4.53. The maximum absolute atomic E-state index is 11.8. The van der Waals surface area contributed by atoms with Crippen LogP contribution in [0.4, 0.5) is 13.2 Å². The number of hydrogen-bond donors (Lipinski definition) is 0. The molecule has 11 heavy (non-hydrogen) atoms. The molecule has 6 heteroatoms. The quantitative estimate of drug-likeness (QED) is 0.538. The maximum atomic E-state index is 11.8. The predicted molar refractivity (Wildman–Crippen MR) is 35.4 cm³/mol. The maximum Gasteiger partial charge on any atom is 0.403 e. The molecule has 0 aromatic carbocycles. The fourth-order valence-electron chi connectivity index (χ4n) is 0.426. The van der Waals surface area contributed by atoms with Crippen LogP contribution in [0.25, 0.3) is 0 Å². The van der Waals surface area contributed by atoms with Crippen LogP contribution in [0, 0.1) is 5.92 Å². The van der Waals surface area contributed by atoms with Crippen LogP contribution in [0.3, 0.4) is 0 Å². The first kappa shape index (κ1) is 10.7. The zero-order chi connectivity index (χ0) is 9.07. The summed E-state index contributed by atoms with van der Waals surface area (Å²) in [6.45, 7) is 0. The Kier molecular flexibility index (Phi) is 3.85. The summed E-state index contributed by atoms with van der Waals surface area (Å²) in [5.41, 5.74) is 0. The minimum absolute atomic E-state index is 0.469. The molecule has 1 unspecified atom stereocenters. The highest BCUT2D eigenvalue weighted by atomic mass is 79.9. The molecule has 66 valence electrons. The molecule has 1 atom stereocenters. The van der Waals surface area contributed by atoms with E-state index in [0.717, 1.165) is 7.11 Å². The number of rotatable bonds is 2. The molecule has 0 spiro atoms. The van der Waals surface area contributed by atoms with Gasteiger partial charge in [0.2, 0.25) is 0 Å². The Bertz CT molecular complexity index is 145. The second-order valence-electron chi connectivity index (χ2n) is 1.77. The van der Waals surface area contributed by atoms with Crippen molar-refractivity contribution in [3.8, 4) is 0 Å². The first-order chi connectivity index (χ1) is 4.93. The van der Waals surface area contributed by atoms with Gasteiger partial charge in [0.1, 0.15) is 0 Å². The highest BCUT2D eigenvalue weighted by Gasteiger charge is 2.44. The summed E-state index contributed by atoms with van der Waals surface area (Å²) in [5, 5.41) is -0.469. The molecule has 0 amide bonds. The van der Waals surface area contributed by atoms with Gasteiger partial charge in [0, 0.05) is 5.33 Å². The van der Waals surface area contributed by atoms with E-state index >= 15 is 0 Å². The van der Waals surface area contributed by atoms with Gasteiger partial charge in [-0.3, -0.25) is 4.79 Å². The van der Waals surface area contributed by atoms with Crippen LogP contribution in [0.1, 0.15) is 0 Å². The van der Waals surface area contributed by atoms with E-state index in [0.29, 0.717) is 0 Å². The number of carbonyl (C=O) groups is 1. The van der Waals surface area contributed by atoms with E-state index < -0.39 is 23.4 Å². The summed E-state index contributed by atoms with van der Waals surface area (Å²) < 4.78 is 39.4. The number of hydrogen-bond acceptors (Lipinski definition) is 2. The van der Waals surface area contributed by atoms with Crippen molar-refractivity contribution in [2.24, 2.45) is 5.92 Å². The molecule has 0 heterocycles. The van der Waals surface area contributed by atoms with Crippen molar-refractivity contribution in [1.29, 1.82) is 0 Å². The molecule has 0 saturated carbocycles. The summed E-state index contributed by atoms with van der Waals surface area (Å²) in [7, 11) is 0.920. The van der Waals surface area contributed by atoms with Gasteiger partial charge >= 0.3 is 12.1 Å². The topological polar surface area (TPSA) is 26.3 Å². The van der Waals surface area contributed by atoms with Crippen LogP contribution in [-0.2, 0) is 9.53 Å². The van der Waals surface area contributed by atoms with Gasteiger partial charge in [-0.15, -0.1) is 0 Å². The molecular formula is C5H6BrF3O2. The second-order valence-corrected chi connectivity index (χ2v) is 2.42. The molecular weight excluding hydrogens is 229 g/mol. The lowest BCUT2D eigenvalue weighted by Crippen LogP contribution is -2.32. The Hall–Kier alpha value is -0.260. The molecule has 0 bridgehead atoms. The molecule has 0 aromatic heterocycles. The van der Waals surface area contributed by atoms with E-state index in [9.17, 15) is 18.0 Å². The summed E-state index contributed by atoms with van der Waals surface area (Å²) in [5.74, 6) is -3.33. The van der Waals surface area contributed by atoms with E-state index in [2.05, 4.69) is 20.7 Å². The SMILES string of the molecule is COC(=O)C(CBr)C(F)(F)F. The molecule has 0 N–H and O–H groups in total. The van der Waals surface area contributed by atoms with Gasteiger partial charge in [-0.2, -0.15) is 13.2 Å². The van der Waals surface area contributed by atoms with Crippen molar-refractivity contribution in [3.63, 3.8) is 0 Å². The number of ether oxygens (including phenoxy) is 1. The van der Waals surface area contributed by atoms with Gasteiger partial charge in [0.25, 0.3) is 0 Å². The van der Waals surface area contributed by atoms with Gasteiger partial charge in [-0.1, -0.05) is 15.9 Å². The van der Waals surface area contributed by atoms with Gasteiger partial charge in [0.15, 0.2) is 5.92 Å². The van der Waals surface area contributed by atoms with Crippen LogP contribution < -0.4 is 0 Å². The van der Waals surface area contributed by atoms with Crippen molar-refractivity contribution >= 4 is 21.9 Å². The van der Waals surface area contributed by atoms with Gasteiger partial charge < -0.3 is 4.74 Å². The lowest BCUT2D eigenvalue weighted by atomic mass is 10.2. The number of esters is 1. The Balaban J connectivity index is 4.29. The van der Waals surface area contributed by atoms with Crippen LogP contribution >= 0.6 is 15.9 Å². The third-order valence-corrected chi connectivity index (χ3v) is 1.68. The number of methoxy groups -OCH3 is 1. The summed E-state index contributed by atoms with van der Waals surface area (Å²) in [4.78, 5) is 10.4. The minimum Gasteiger partial charge on any atom is -0.469 e. The van der Waals surface area contributed by atoms with E-state index in [4.69, 9.17) is 0 Å². The lowest BCUT2D eigenvalue weighted by molar-refractivity contribution is -0.190. The molecule has 0 aliphatic rings. The first-order valence-electron chi connectivity index (χ1n) is 2.64. The molecule has 0 saturated heterocycles. The van der Waals surface area contributed by atoms with E-state index in [-0.39, 0.29) is 0 Å². The van der Waals surface area contributed by atoms with Gasteiger partial charge in [0.05, 0.1) is 7.11 Å². The van der Waals surface area contributed by atoms with Gasteiger partial charge in [-0.05, 0) is 0 Å². The number of alkyl halides is 4. The van der Waals surface area contributed by atoms with Gasteiger partial charge in [-0.25, -0.2) is 0 Å².